The van der Waals surface area contributed by atoms with Crippen LogP contribution in [0.3, 0.4) is 0 Å². The van der Waals surface area contributed by atoms with Crippen LogP contribution in [0.4, 0.5) is 0 Å². The third-order valence-corrected chi connectivity index (χ3v) is 11.7. The topological polar surface area (TPSA) is 58.7 Å². The maximum atomic E-state index is 6.96. The number of ether oxygens (including phenoxy) is 5. The van der Waals surface area contributed by atoms with Crippen molar-refractivity contribution in [3.05, 3.63) is 42.5 Å². The number of methoxy groups -OCH3 is 2. The molecule has 1 aliphatic rings. The lowest BCUT2D eigenvalue weighted by atomic mass is 9.86. The van der Waals surface area contributed by atoms with Crippen LogP contribution in [0.2, 0.25) is 18.1 Å². The molecule has 1 saturated heterocycles. The lowest BCUT2D eigenvalue weighted by Gasteiger charge is -2.42. The number of rotatable bonds is 15. The van der Waals surface area contributed by atoms with Crippen molar-refractivity contribution < 1.29 is 28.1 Å². The first-order valence-corrected chi connectivity index (χ1v) is 15.1. The summed E-state index contributed by atoms with van der Waals surface area (Å²) in [5.74, 6) is 1.06. The molecule has 1 fully saturated rings. The summed E-state index contributed by atoms with van der Waals surface area (Å²) in [5, 5.41) is 0.0815. The van der Waals surface area contributed by atoms with Gasteiger partial charge in [0.1, 0.15) is 18.1 Å². The molecule has 1 unspecified atom stereocenters. The van der Waals surface area contributed by atoms with Gasteiger partial charge in [-0.15, -0.1) is 6.58 Å². The van der Waals surface area contributed by atoms with Crippen LogP contribution in [-0.2, 0) is 30.0 Å². The van der Waals surface area contributed by atoms with Gasteiger partial charge >= 0.3 is 0 Å². The Bertz CT molecular complexity index is 759. The van der Waals surface area contributed by atoms with E-state index in [1.54, 1.807) is 14.2 Å². The van der Waals surface area contributed by atoms with Gasteiger partial charge in [0.25, 0.3) is 0 Å². The molecule has 1 aromatic rings. The van der Waals surface area contributed by atoms with Gasteiger partial charge < -0.3 is 28.1 Å². The quantitative estimate of drug-likeness (QED) is 0.101. The van der Waals surface area contributed by atoms with Crippen LogP contribution in [0.1, 0.15) is 40.2 Å². The van der Waals surface area contributed by atoms with E-state index in [2.05, 4.69) is 54.3 Å². The number of hydrogen-bond acceptors (Lipinski definition) is 6. The summed E-state index contributed by atoms with van der Waals surface area (Å²) < 4.78 is 35.4. The van der Waals surface area contributed by atoms with Crippen LogP contribution in [0.15, 0.2) is 36.9 Å². The van der Waals surface area contributed by atoms with Crippen LogP contribution >= 0.6 is 0 Å². The molecule has 2 rings (SSSR count). The van der Waals surface area contributed by atoms with E-state index in [9.17, 15) is 0 Å². The molecule has 0 N–H and O–H groups in total. The van der Waals surface area contributed by atoms with Crippen molar-refractivity contribution in [2.45, 2.75) is 77.2 Å². The smallest absolute Gasteiger partial charge is 0.192 e. The Labute approximate surface area is 208 Å². The second-order valence-electron chi connectivity index (χ2n) is 11.0. The highest BCUT2D eigenvalue weighted by atomic mass is 28.4. The third kappa shape index (κ3) is 7.39. The van der Waals surface area contributed by atoms with Gasteiger partial charge in [-0.1, -0.05) is 45.9 Å². The first-order valence-electron chi connectivity index (χ1n) is 12.1. The Morgan fingerprint density at radius 3 is 2.29 bits per heavy atom. The van der Waals surface area contributed by atoms with Gasteiger partial charge in [0.2, 0.25) is 0 Å². The second-order valence-corrected chi connectivity index (χ2v) is 15.8. The fourth-order valence-corrected chi connectivity index (χ4v) is 5.39. The first-order chi connectivity index (χ1) is 15.9. The minimum atomic E-state index is -2.06. The predicted octanol–water partition coefficient (Wildman–Crippen LogP) is 5.82. The molecule has 0 bridgehead atoms. The summed E-state index contributed by atoms with van der Waals surface area (Å²) in [7, 11) is 1.23. The molecule has 0 aromatic heterocycles. The van der Waals surface area contributed by atoms with Crippen LogP contribution in [0, 0.1) is 11.8 Å². The Morgan fingerprint density at radius 2 is 1.76 bits per heavy atom. The van der Waals surface area contributed by atoms with Gasteiger partial charge in [0.15, 0.2) is 8.32 Å². The largest absolute Gasteiger partial charge is 0.497 e. The summed E-state index contributed by atoms with van der Waals surface area (Å²) in [6.07, 6.45) is 1.82. The van der Waals surface area contributed by atoms with Crippen molar-refractivity contribution in [1.82, 2.24) is 0 Å². The molecule has 7 heteroatoms. The number of hydrogen-bond donors (Lipinski definition) is 0. The standard InChI is InChI=1S/C27H46O6Si/c1-11-22(18-31-19-28-7)25(33-34(9,10)26(3,4)5)27(6)24(32-27)20(2)16-30-17-21-12-14-23(29-8)15-13-21/h11-15,20,22,24-25H,1,16-19H2,2-10H3/t20-,22+,24+,25-,27?/m0/s1. The molecule has 0 spiro atoms. The Balaban J connectivity index is 2.06. The van der Waals surface area contributed by atoms with E-state index in [0.29, 0.717) is 19.8 Å². The van der Waals surface area contributed by atoms with Crippen LogP contribution in [0.25, 0.3) is 0 Å². The maximum absolute atomic E-state index is 6.96. The Morgan fingerprint density at radius 1 is 1.12 bits per heavy atom. The van der Waals surface area contributed by atoms with E-state index < -0.39 is 13.9 Å². The van der Waals surface area contributed by atoms with Gasteiger partial charge in [-0.2, -0.15) is 0 Å². The van der Waals surface area contributed by atoms with Crippen LogP contribution in [0.5, 0.6) is 5.75 Å². The molecule has 0 aliphatic carbocycles. The van der Waals surface area contributed by atoms with Crippen molar-refractivity contribution in [2.75, 3.05) is 34.2 Å². The van der Waals surface area contributed by atoms with Gasteiger partial charge in [-0.05, 0) is 42.8 Å². The Hall–Kier alpha value is -1.22. The zero-order valence-corrected chi connectivity index (χ0v) is 23.7. The Kier molecular flexibility index (Phi) is 10.4. The SMILES string of the molecule is C=C[C@H](COCOC)[C@H](O[Si](C)(C)C(C)(C)C)C1(C)O[C@@H]1[C@@H](C)COCc1ccc(OC)cc1. The molecule has 0 radical (unpaired) electrons. The van der Waals surface area contributed by atoms with E-state index in [4.69, 9.17) is 28.1 Å². The fraction of sp³-hybridized carbons (Fsp3) is 0.704. The van der Waals surface area contributed by atoms with Crippen molar-refractivity contribution in [2.24, 2.45) is 11.8 Å². The molecular formula is C27H46O6Si. The van der Waals surface area contributed by atoms with E-state index in [1.807, 2.05) is 30.3 Å². The van der Waals surface area contributed by atoms with Crippen molar-refractivity contribution >= 4 is 8.32 Å². The summed E-state index contributed by atoms with van der Waals surface area (Å²) in [6.45, 7) is 21.6. The normalized spacial score (nSPS) is 23.3. The number of epoxide rings is 1. The van der Waals surface area contributed by atoms with E-state index in [0.717, 1.165) is 11.3 Å². The lowest BCUT2D eigenvalue weighted by molar-refractivity contribution is -0.0589. The lowest BCUT2D eigenvalue weighted by Crippen LogP contribution is -2.51. The van der Waals surface area contributed by atoms with E-state index >= 15 is 0 Å². The molecule has 1 aliphatic heterocycles. The minimum absolute atomic E-state index is 0.00769. The average molecular weight is 495 g/mol. The van der Waals surface area contributed by atoms with E-state index in [-0.39, 0.29) is 35.9 Å². The van der Waals surface area contributed by atoms with Gasteiger partial charge in [0.05, 0.1) is 39.1 Å². The minimum Gasteiger partial charge on any atom is -0.497 e. The monoisotopic (exact) mass is 494 g/mol. The molecule has 5 atom stereocenters. The fourth-order valence-electron chi connectivity index (χ4n) is 3.99. The van der Waals surface area contributed by atoms with Crippen molar-refractivity contribution in [1.29, 1.82) is 0 Å². The molecule has 1 heterocycles. The molecule has 194 valence electrons. The molecule has 0 saturated carbocycles. The number of benzene rings is 1. The van der Waals surface area contributed by atoms with Gasteiger partial charge in [0, 0.05) is 18.9 Å². The highest BCUT2D eigenvalue weighted by Crippen LogP contribution is 2.50. The average Bonchev–Trinajstić information content (AvgIpc) is 3.48. The molecule has 6 nitrogen and oxygen atoms in total. The van der Waals surface area contributed by atoms with Crippen molar-refractivity contribution in [3.8, 4) is 5.75 Å². The molecule has 34 heavy (non-hydrogen) atoms. The third-order valence-electron chi connectivity index (χ3n) is 7.21. The molecule has 1 aromatic carbocycles. The first kappa shape index (κ1) is 29.0. The second kappa shape index (κ2) is 12.1. The summed E-state index contributed by atoms with van der Waals surface area (Å²) in [6, 6.07) is 7.96. The van der Waals surface area contributed by atoms with Crippen LogP contribution in [-0.4, -0.2) is 60.4 Å². The maximum Gasteiger partial charge on any atom is 0.192 e. The van der Waals surface area contributed by atoms with Crippen LogP contribution < -0.4 is 4.74 Å². The van der Waals surface area contributed by atoms with Gasteiger partial charge in [-0.3, -0.25) is 0 Å². The summed E-state index contributed by atoms with van der Waals surface area (Å²) >= 11 is 0. The molecule has 0 amide bonds. The predicted molar refractivity (Wildman–Crippen MR) is 139 cm³/mol. The zero-order valence-electron chi connectivity index (χ0n) is 22.7. The van der Waals surface area contributed by atoms with Crippen molar-refractivity contribution in [3.63, 3.8) is 0 Å². The highest BCUT2D eigenvalue weighted by molar-refractivity contribution is 6.74. The summed E-state index contributed by atoms with van der Waals surface area (Å²) in [5.41, 5.74) is 0.696. The van der Waals surface area contributed by atoms with Gasteiger partial charge in [-0.25, -0.2) is 0 Å². The summed E-state index contributed by atoms with van der Waals surface area (Å²) in [4.78, 5) is 0. The van der Waals surface area contributed by atoms with E-state index in [1.165, 1.54) is 0 Å². The molecular weight excluding hydrogens is 448 g/mol. The zero-order chi connectivity index (χ0) is 25.6. The highest BCUT2D eigenvalue weighted by Gasteiger charge is 2.63.